The Bertz CT molecular complexity index is 760. The summed E-state index contributed by atoms with van der Waals surface area (Å²) in [4.78, 5) is 14.3. The van der Waals surface area contributed by atoms with Crippen LogP contribution in [-0.4, -0.2) is 40.1 Å². The fraction of sp³-hybridized carbons (Fsp3) is 0.476. The zero-order valence-corrected chi connectivity index (χ0v) is 16.5. The summed E-state index contributed by atoms with van der Waals surface area (Å²) in [5.41, 5.74) is 8.47. The van der Waals surface area contributed by atoms with Crippen molar-refractivity contribution in [2.24, 2.45) is 5.73 Å². The standard InChI is InChI=1S/C21H27ClN4O/c1-16(27)26(12-8-17-7-11-24-25-14-17)20-5-9-21(15-23,10-6-20)18-3-2-4-19(22)13-18/h2-4,7,11,13-14,20H,5-6,8-10,12,15,23H2,1H3/t20-,21-. The second-order valence-electron chi connectivity index (χ2n) is 7.44. The monoisotopic (exact) mass is 386 g/mol. The molecule has 5 nitrogen and oxygen atoms in total. The van der Waals surface area contributed by atoms with Crippen LogP contribution in [0.25, 0.3) is 0 Å². The molecule has 1 saturated carbocycles. The van der Waals surface area contributed by atoms with Crippen molar-refractivity contribution in [3.05, 3.63) is 58.9 Å². The second-order valence-corrected chi connectivity index (χ2v) is 7.88. The molecule has 1 fully saturated rings. The van der Waals surface area contributed by atoms with Crippen LogP contribution in [0.2, 0.25) is 5.02 Å². The fourth-order valence-electron chi connectivity index (χ4n) is 4.21. The average Bonchev–Trinajstić information content (AvgIpc) is 2.69. The van der Waals surface area contributed by atoms with E-state index in [-0.39, 0.29) is 17.4 Å². The number of nitrogens with two attached hydrogens (primary N) is 1. The predicted octanol–water partition coefficient (Wildman–Crippen LogP) is 3.36. The summed E-state index contributed by atoms with van der Waals surface area (Å²) in [6.07, 6.45) is 8.09. The summed E-state index contributed by atoms with van der Waals surface area (Å²) in [7, 11) is 0. The molecule has 0 saturated heterocycles. The van der Waals surface area contributed by atoms with Gasteiger partial charge in [0.25, 0.3) is 0 Å². The van der Waals surface area contributed by atoms with Crippen LogP contribution in [-0.2, 0) is 16.6 Å². The molecule has 1 aliphatic carbocycles. The first kappa shape index (κ1) is 19.8. The zero-order chi connectivity index (χ0) is 19.3. The molecule has 0 spiro atoms. The van der Waals surface area contributed by atoms with E-state index in [0.717, 1.165) is 42.7 Å². The maximum atomic E-state index is 12.3. The van der Waals surface area contributed by atoms with Crippen molar-refractivity contribution in [3.63, 3.8) is 0 Å². The molecule has 1 aromatic carbocycles. The molecule has 6 heteroatoms. The highest BCUT2D eigenvalue weighted by atomic mass is 35.5. The molecule has 3 rings (SSSR count). The lowest BCUT2D eigenvalue weighted by Crippen LogP contribution is -2.47. The molecule has 2 N–H and O–H groups in total. The second kappa shape index (κ2) is 8.81. The third kappa shape index (κ3) is 4.66. The van der Waals surface area contributed by atoms with E-state index in [1.807, 2.05) is 29.2 Å². The Hall–Kier alpha value is -1.98. The van der Waals surface area contributed by atoms with Crippen molar-refractivity contribution in [1.82, 2.24) is 15.1 Å². The van der Waals surface area contributed by atoms with Gasteiger partial charge in [-0.3, -0.25) is 4.79 Å². The van der Waals surface area contributed by atoms with Crippen LogP contribution >= 0.6 is 11.6 Å². The molecule has 0 unspecified atom stereocenters. The topological polar surface area (TPSA) is 72.1 Å². The Morgan fingerprint density at radius 2 is 2.07 bits per heavy atom. The molecule has 0 aliphatic heterocycles. The number of aromatic nitrogens is 2. The first-order valence-electron chi connectivity index (χ1n) is 9.53. The normalized spacial score (nSPS) is 22.4. The Morgan fingerprint density at radius 1 is 1.30 bits per heavy atom. The Kier molecular flexibility index (Phi) is 6.45. The van der Waals surface area contributed by atoms with Gasteiger partial charge in [-0.2, -0.15) is 10.2 Å². The summed E-state index contributed by atoms with van der Waals surface area (Å²) in [6, 6.07) is 10.3. The molecular weight excluding hydrogens is 360 g/mol. The van der Waals surface area contributed by atoms with E-state index < -0.39 is 0 Å². The smallest absolute Gasteiger partial charge is 0.219 e. The van der Waals surface area contributed by atoms with Crippen molar-refractivity contribution in [2.75, 3.05) is 13.1 Å². The van der Waals surface area contributed by atoms with Gasteiger partial charge in [-0.25, -0.2) is 0 Å². The van der Waals surface area contributed by atoms with Crippen LogP contribution < -0.4 is 5.73 Å². The minimum atomic E-state index is -0.0428. The van der Waals surface area contributed by atoms with E-state index in [9.17, 15) is 4.79 Å². The van der Waals surface area contributed by atoms with Gasteiger partial charge in [-0.05, 0) is 61.4 Å². The van der Waals surface area contributed by atoms with Crippen LogP contribution in [0.1, 0.15) is 43.7 Å². The Balaban J connectivity index is 1.67. The van der Waals surface area contributed by atoms with Gasteiger partial charge in [0, 0.05) is 42.7 Å². The SMILES string of the molecule is CC(=O)N(CCc1ccnnc1)[C@H]1CC[C@](CN)(c2cccc(Cl)c2)CC1. The molecule has 0 radical (unpaired) electrons. The van der Waals surface area contributed by atoms with Crippen molar-refractivity contribution in [1.29, 1.82) is 0 Å². The summed E-state index contributed by atoms with van der Waals surface area (Å²) in [5.74, 6) is 0.130. The molecule has 1 aromatic heterocycles. The molecule has 1 aliphatic rings. The van der Waals surface area contributed by atoms with Gasteiger partial charge in [0.05, 0.1) is 6.20 Å². The van der Waals surface area contributed by atoms with Crippen molar-refractivity contribution in [3.8, 4) is 0 Å². The highest BCUT2D eigenvalue weighted by molar-refractivity contribution is 6.30. The number of rotatable bonds is 6. The van der Waals surface area contributed by atoms with Crippen LogP contribution in [0, 0.1) is 0 Å². The maximum Gasteiger partial charge on any atom is 0.219 e. The quantitative estimate of drug-likeness (QED) is 0.826. The summed E-state index contributed by atoms with van der Waals surface area (Å²) >= 11 is 6.20. The van der Waals surface area contributed by atoms with Gasteiger partial charge in [0.2, 0.25) is 5.91 Å². The van der Waals surface area contributed by atoms with Gasteiger partial charge < -0.3 is 10.6 Å². The molecule has 0 atom stereocenters. The summed E-state index contributed by atoms with van der Waals surface area (Å²) in [6.45, 7) is 2.97. The van der Waals surface area contributed by atoms with Crippen molar-refractivity contribution < 1.29 is 4.79 Å². The number of carbonyl (C=O) groups is 1. The minimum absolute atomic E-state index is 0.0428. The third-order valence-corrected chi connectivity index (χ3v) is 6.11. The summed E-state index contributed by atoms with van der Waals surface area (Å²) < 4.78 is 0. The largest absolute Gasteiger partial charge is 0.340 e. The van der Waals surface area contributed by atoms with Crippen molar-refractivity contribution >= 4 is 17.5 Å². The molecule has 27 heavy (non-hydrogen) atoms. The molecule has 1 heterocycles. The molecule has 1 amide bonds. The molecule has 144 valence electrons. The van der Waals surface area contributed by atoms with E-state index in [1.54, 1.807) is 19.3 Å². The van der Waals surface area contributed by atoms with Gasteiger partial charge in [0.1, 0.15) is 0 Å². The van der Waals surface area contributed by atoms with Crippen LogP contribution in [0.3, 0.4) is 0 Å². The third-order valence-electron chi connectivity index (χ3n) is 5.87. The molecule has 2 aromatic rings. The highest BCUT2D eigenvalue weighted by Crippen LogP contribution is 2.40. The minimum Gasteiger partial charge on any atom is -0.340 e. The number of carbonyl (C=O) groups excluding carboxylic acids is 1. The van der Waals surface area contributed by atoms with E-state index in [0.29, 0.717) is 13.1 Å². The number of nitrogens with zero attached hydrogens (tertiary/aromatic N) is 3. The van der Waals surface area contributed by atoms with Crippen molar-refractivity contribution in [2.45, 2.75) is 50.5 Å². The number of hydrogen-bond donors (Lipinski definition) is 1. The Morgan fingerprint density at radius 3 is 2.67 bits per heavy atom. The zero-order valence-electron chi connectivity index (χ0n) is 15.8. The number of halogens is 1. The van der Waals surface area contributed by atoms with E-state index >= 15 is 0 Å². The van der Waals surface area contributed by atoms with Crippen LogP contribution in [0.15, 0.2) is 42.7 Å². The maximum absolute atomic E-state index is 12.3. The summed E-state index contributed by atoms with van der Waals surface area (Å²) in [5, 5.41) is 8.47. The Labute approximate surface area is 165 Å². The average molecular weight is 387 g/mol. The van der Waals surface area contributed by atoms with E-state index in [4.69, 9.17) is 17.3 Å². The van der Waals surface area contributed by atoms with Gasteiger partial charge >= 0.3 is 0 Å². The van der Waals surface area contributed by atoms with Gasteiger partial charge in [0.15, 0.2) is 0 Å². The molecule has 0 bridgehead atoms. The van der Waals surface area contributed by atoms with E-state index in [1.165, 1.54) is 5.56 Å². The fourth-order valence-corrected chi connectivity index (χ4v) is 4.40. The first-order valence-corrected chi connectivity index (χ1v) is 9.91. The van der Waals surface area contributed by atoms with Gasteiger partial charge in [-0.1, -0.05) is 23.7 Å². The predicted molar refractivity (Wildman–Crippen MR) is 108 cm³/mol. The van der Waals surface area contributed by atoms with E-state index in [2.05, 4.69) is 16.3 Å². The van der Waals surface area contributed by atoms with Crippen LogP contribution in [0.5, 0.6) is 0 Å². The lowest BCUT2D eigenvalue weighted by Gasteiger charge is -2.43. The van der Waals surface area contributed by atoms with Gasteiger partial charge in [-0.15, -0.1) is 0 Å². The number of hydrogen-bond acceptors (Lipinski definition) is 4. The first-order chi connectivity index (χ1) is 13.0. The lowest BCUT2D eigenvalue weighted by atomic mass is 9.68. The highest BCUT2D eigenvalue weighted by Gasteiger charge is 2.38. The number of amides is 1. The molecular formula is C21H27ClN4O. The van der Waals surface area contributed by atoms with Crippen LogP contribution in [0.4, 0.5) is 0 Å². The number of benzene rings is 1. The lowest BCUT2D eigenvalue weighted by molar-refractivity contribution is -0.132.